The minimum absolute atomic E-state index is 0.142. The van der Waals surface area contributed by atoms with Crippen molar-refractivity contribution >= 4 is 28.9 Å². The molecule has 4 saturated carbocycles. The number of hydrogen-bond donors (Lipinski definition) is 2. The molecule has 0 unspecified atom stereocenters. The molecule has 5 rings (SSSR count). The second kappa shape index (κ2) is 5.34. The Morgan fingerprint density at radius 1 is 1.00 bits per heavy atom. The smallest absolute Gasteiger partial charge is 0.232 e. The van der Waals surface area contributed by atoms with Crippen molar-refractivity contribution in [3.05, 3.63) is 30.3 Å². The van der Waals surface area contributed by atoms with E-state index < -0.39 is 0 Å². The van der Waals surface area contributed by atoms with Crippen molar-refractivity contribution in [3.8, 4) is 0 Å². The highest BCUT2D eigenvalue weighted by atomic mass is 32.1. The molecular weight excluding hydrogens is 292 g/mol. The van der Waals surface area contributed by atoms with E-state index in [4.69, 9.17) is 12.2 Å². The predicted octanol–water partition coefficient (Wildman–Crippen LogP) is 3.72. The van der Waals surface area contributed by atoms with Crippen LogP contribution in [-0.4, -0.2) is 11.0 Å². The third kappa shape index (κ3) is 2.54. The van der Waals surface area contributed by atoms with Gasteiger partial charge in [-0.15, -0.1) is 0 Å². The fourth-order valence-electron chi connectivity index (χ4n) is 5.31. The summed E-state index contributed by atoms with van der Waals surface area (Å²) in [7, 11) is 0. The molecule has 0 spiro atoms. The number of para-hydroxylation sites is 1. The van der Waals surface area contributed by atoms with Crippen LogP contribution in [0.1, 0.15) is 38.5 Å². The van der Waals surface area contributed by atoms with Gasteiger partial charge in [-0.25, -0.2) is 0 Å². The maximum atomic E-state index is 12.9. The first-order valence-electron chi connectivity index (χ1n) is 8.30. The van der Waals surface area contributed by atoms with Gasteiger partial charge < -0.3 is 10.6 Å². The Bertz CT molecular complexity index is 563. The summed E-state index contributed by atoms with van der Waals surface area (Å²) in [5, 5.41) is 6.49. The molecule has 2 N–H and O–H groups in total. The molecule has 4 heteroatoms. The molecule has 1 amide bonds. The van der Waals surface area contributed by atoms with Crippen LogP contribution in [0.3, 0.4) is 0 Å². The lowest BCUT2D eigenvalue weighted by atomic mass is 9.49. The Hall–Kier alpha value is -1.42. The van der Waals surface area contributed by atoms with E-state index in [1.54, 1.807) is 0 Å². The third-order valence-corrected chi connectivity index (χ3v) is 5.98. The zero-order valence-electron chi connectivity index (χ0n) is 12.7. The van der Waals surface area contributed by atoms with Gasteiger partial charge in [0.2, 0.25) is 5.91 Å². The van der Waals surface area contributed by atoms with Gasteiger partial charge in [-0.2, -0.15) is 0 Å². The van der Waals surface area contributed by atoms with Crippen molar-refractivity contribution in [2.45, 2.75) is 38.5 Å². The molecule has 4 bridgehead atoms. The molecule has 0 aromatic heterocycles. The highest BCUT2D eigenvalue weighted by Crippen LogP contribution is 2.60. The third-order valence-electron chi connectivity index (χ3n) is 5.78. The molecule has 0 saturated heterocycles. The van der Waals surface area contributed by atoms with Gasteiger partial charge in [-0.3, -0.25) is 4.79 Å². The van der Waals surface area contributed by atoms with Gasteiger partial charge in [0.05, 0.1) is 5.41 Å². The number of hydrogen-bond acceptors (Lipinski definition) is 2. The van der Waals surface area contributed by atoms with Gasteiger partial charge in [0.15, 0.2) is 5.11 Å². The lowest BCUT2D eigenvalue weighted by Crippen LogP contribution is -2.55. The molecule has 4 fully saturated rings. The summed E-state index contributed by atoms with van der Waals surface area (Å²) in [5.41, 5.74) is 0.773. The van der Waals surface area contributed by atoms with Crippen LogP contribution < -0.4 is 10.6 Å². The van der Waals surface area contributed by atoms with E-state index in [1.807, 2.05) is 30.3 Å². The monoisotopic (exact) mass is 314 g/mol. The van der Waals surface area contributed by atoms with Gasteiger partial charge in [0.25, 0.3) is 0 Å². The van der Waals surface area contributed by atoms with Crippen LogP contribution in [0.25, 0.3) is 0 Å². The molecular formula is C18H22N2OS. The van der Waals surface area contributed by atoms with E-state index in [9.17, 15) is 4.79 Å². The SMILES string of the molecule is O=C(NC(=S)Nc1ccccc1)C12CC3CC(CC(C3)C1)C2. The standard InChI is InChI=1S/C18H22N2OS/c21-16(20-17(22)19-15-4-2-1-3-5-15)18-9-12-6-13(10-18)8-14(7-12)11-18/h1-5,12-14H,6-11H2,(H2,19,20,21,22). The molecule has 4 aliphatic rings. The number of nitrogens with one attached hydrogen (secondary N) is 2. The lowest BCUT2D eigenvalue weighted by Gasteiger charge is -2.55. The number of rotatable bonds is 2. The molecule has 0 aliphatic heterocycles. The fourth-order valence-corrected chi connectivity index (χ4v) is 5.52. The van der Waals surface area contributed by atoms with Crippen molar-refractivity contribution in [1.29, 1.82) is 0 Å². The molecule has 1 aromatic rings. The first-order valence-corrected chi connectivity index (χ1v) is 8.71. The van der Waals surface area contributed by atoms with Crippen LogP contribution in [0.2, 0.25) is 0 Å². The molecule has 0 radical (unpaired) electrons. The summed E-state index contributed by atoms with van der Waals surface area (Å²) in [6, 6.07) is 9.76. The van der Waals surface area contributed by atoms with Gasteiger partial charge in [0, 0.05) is 5.69 Å². The number of carbonyl (C=O) groups excluding carboxylic acids is 1. The quantitative estimate of drug-likeness (QED) is 0.818. The first kappa shape index (κ1) is 14.2. The minimum Gasteiger partial charge on any atom is -0.332 e. The summed E-state index contributed by atoms with van der Waals surface area (Å²) < 4.78 is 0. The summed E-state index contributed by atoms with van der Waals surface area (Å²) in [6.45, 7) is 0. The normalized spacial score (nSPS) is 35.2. The van der Waals surface area contributed by atoms with E-state index in [0.717, 1.165) is 42.7 Å². The van der Waals surface area contributed by atoms with E-state index in [-0.39, 0.29) is 11.3 Å². The average molecular weight is 314 g/mol. The average Bonchev–Trinajstić information content (AvgIpc) is 2.46. The van der Waals surface area contributed by atoms with Gasteiger partial charge in [-0.05, 0) is 80.6 Å². The van der Waals surface area contributed by atoms with Crippen LogP contribution in [0, 0.1) is 23.2 Å². The Morgan fingerprint density at radius 2 is 1.55 bits per heavy atom. The van der Waals surface area contributed by atoms with Crippen molar-refractivity contribution < 1.29 is 4.79 Å². The summed E-state index contributed by atoms with van der Waals surface area (Å²) in [5.74, 6) is 2.47. The lowest BCUT2D eigenvalue weighted by molar-refractivity contribution is -0.144. The van der Waals surface area contributed by atoms with Crippen molar-refractivity contribution in [2.75, 3.05) is 5.32 Å². The Morgan fingerprint density at radius 3 is 2.09 bits per heavy atom. The summed E-state index contributed by atoms with van der Waals surface area (Å²) in [4.78, 5) is 12.9. The van der Waals surface area contributed by atoms with Crippen molar-refractivity contribution in [2.24, 2.45) is 23.2 Å². The summed E-state index contributed by atoms with van der Waals surface area (Å²) in [6.07, 6.45) is 7.24. The highest BCUT2D eigenvalue weighted by Gasteiger charge is 2.54. The largest absolute Gasteiger partial charge is 0.332 e. The van der Waals surface area contributed by atoms with Crippen LogP contribution >= 0.6 is 12.2 Å². The first-order chi connectivity index (χ1) is 10.6. The topological polar surface area (TPSA) is 41.1 Å². The highest BCUT2D eigenvalue weighted by molar-refractivity contribution is 7.80. The van der Waals surface area contributed by atoms with Crippen LogP contribution in [0.4, 0.5) is 5.69 Å². The minimum atomic E-state index is -0.142. The van der Waals surface area contributed by atoms with E-state index >= 15 is 0 Å². The molecule has 4 aliphatic carbocycles. The Balaban J connectivity index is 1.43. The fraction of sp³-hybridized carbons (Fsp3) is 0.556. The number of thiocarbonyl (C=S) groups is 1. The molecule has 0 heterocycles. The molecule has 22 heavy (non-hydrogen) atoms. The molecule has 1 aromatic carbocycles. The van der Waals surface area contributed by atoms with Gasteiger partial charge in [0.1, 0.15) is 0 Å². The number of benzene rings is 1. The maximum Gasteiger partial charge on any atom is 0.232 e. The van der Waals surface area contributed by atoms with E-state index in [0.29, 0.717) is 5.11 Å². The van der Waals surface area contributed by atoms with Crippen molar-refractivity contribution in [3.63, 3.8) is 0 Å². The predicted molar refractivity (Wildman–Crippen MR) is 91.4 cm³/mol. The Kier molecular flexibility index (Phi) is 3.44. The van der Waals surface area contributed by atoms with E-state index in [2.05, 4.69) is 10.6 Å². The zero-order chi connectivity index (χ0) is 15.2. The second-order valence-electron chi connectivity index (χ2n) is 7.47. The Labute approximate surface area is 136 Å². The van der Waals surface area contributed by atoms with Crippen LogP contribution in [-0.2, 0) is 4.79 Å². The number of amides is 1. The molecule has 3 nitrogen and oxygen atoms in total. The second-order valence-corrected chi connectivity index (χ2v) is 7.88. The number of carbonyl (C=O) groups is 1. The van der Waals surface area contributed by atoms with Crippen molar-refractivity contribution in [1.82, 2.24) is 5.32 Å². The number of anilines is 1. The van der Waals surface area contributed by atoms with Gasteiger partial charge in [-0.1, -0.05) is 18.2 Å². The van der Waals surface area contributed by atoms with E-state index in [1.165, 1.54) is 19.3 Å². The van der Waals surface area contributed by atoms with Gasteiger partial charge >= 0.3 is 0 Å². The maximum absolute atomic E-state index is 12.9. The molecule has 0 atom stereocenters. The van der Waals surface area contributed by atoms with Crippen LogP contribution in [0.5, 0.6) is 0 Å². The molecule has 116 valence electrons. The zero-order valence-corrected chi connectivity index (χ0v) is 13.5. The summed E-state index contributed by atoms with van der Waals surface area (Å²) >= 11 is 5.32. The van der Waals surface area contributed by atoms with Crippen LogP contribution in [0.15, 0.2) is 30.3 Å².